The molecule has 0 atom stereocenters. The fourth-order valence-corrected chi connectivity index (χ4v) is 2.30. The van der Waals surface area contributed by atoms with Gasteiger partial charge in [-0.05, 0) is 25.1 Å². The van der Waals surface area contributed by atoms with Crippen molar-refractivity contribution in [3.05, 3.63) is 73.2 Å². The van der Waals surface area contributed by atoms with Gasteiger partial charge in [0, 0.05) is 22.8 Å². The van der Waals surface area contributed by atoms with Gasteiger partial charge in [0.05, 0.1) is 21.2 Å². The van der Waals surface area contributed by atoms with Crippen LogP contribution in [0.3, 0.4) is 0 Å². The minimum absolute atomic E-state index is 0.129. The molecule has 0 aliphatic heterocycles. The van der Waals surface area contributed by atoms with Crippen molar-refractivity contribution in [1.82, 2.24) is 5.43 Å². The summed E-state index contributed by atoms with van der Waals surface area (Å²) in [6, 6.07) is 9.14. The Morgan fingerprint density at radius 3 is 2.52 bits per heavy atom. The first kappa shape index (κ1) is 16.9. The fraction of sp³-hybridized carbons (Fsp3) is 0.0667. The van der Waals surface area contributed by atoms with Gasteiger partial charge in [0.25, 0.3) is 11.6 Å². The lowest BCUT2D eigenvalue weighted by Gasteiger charge is -2.03. The highest BCUT2D eigenvalue weighted by molar-refractivity contribution is 6.38. The van der Waals surface area contributed by atoms with Gasteiger partial charge in [0.15, 0.2) is 0 Å². The molecule has 0 unspecified atom stereocenters. The van der Waals surface area contributed by atoms with E-state index in [1.54, 1.807) is 25.1 Å². The van der Waals surface area contributed by atoms with Crippen LogP contribution in [0.5, 0.6) is 0 Å². The van der Waals surface area contributed by atoms with Crippen molar-refractivity contribution in [2.75, 3.05) is 0 Å². The summed E-state index contributed by atoms with van der Waals surface area (Å²) in [5.41, 5.74) is 3.21. The molecule has 0 aliphatic rings. The summed E-state index contributed by atoms with van der Waals surface area (Å²) in [6.45, 7) is 1.59. The third-order valence-electron chi connectivity index (χ3n) is 3.03. The number of nitrogens with one attached hydrogen (secondary N) is 1. The number of nitro groups is 1. The van der Waals surface area contributed by atoms with Gasteiger partial charge in [-0.2, -0.15) is 5.10 Å². The van der Waals surface area contributed by atoms with Gasteiger partial charge < -0.3 is 0 Å². The lowest BCUT2D eigenvalue weighted by atomic mass is 10.1. The van der Waals surface area contributed by atoms with E-state index in [0.717, 1.165) is 0 Å². The first-order valence-electron chi connectivity index (χ1n) is 6.42. The number of benzene rings is 2. The van der Waals surface area contributed by atoms with Crippen LogP contribution in [0.1, 0.15) is 21.5 Å². The van der Waals surface area contributed by atoms with E-state index >= 15 is 0 Å². The number of hydrogen-bond acceptors (Lipinski definition) is 4. The predicted molar refractivity (Wildman–Crippen MR) is 89.4 cm³/mol. The number of hydrazone groups is 1. The maximum atomic E-state index is 12.0. The zero-order chi connectivity index (χ0) is 17.0. The summed E-state index contributed by atoms with van der Waals surface area (Å²) in [5.74, 6) is -0.576. The van der Waals surface area contributed by atoms with Crippen LogP contribution in [0, 0.1) is 17.0 Å². The van der Waals surface area contributed by atoms with Crippen LogP contribution in [0.2, 0.25) is 10.0 Å². The molecule has 2 aromatic carbocycles. The smallest absolute Gasteiger partial charge is 0.267 e. The quantitative estimate of drug-likeness (QED) is 0.513. The SMILES string of the molecule is Cc1ccc(C(=O)N/N=C\c2c(Cl)cccc2Cl)cc1[N+](=O)[O-]. The average molecular weight is 352 g/mol. The third kappa shape index (κ3) is 4.06. The summed E-state index contributed by atoms with van der Waals surface area (Å²) in [6.07, 6.45) is 1.31. The number of amides is 1. The molecule has 8 heteroatoms. The highest BCUT2D eigenvalue weighted by Gasteiger charge is 2.14. The number of carbonyl (C=O) groups is 1. The Balaban J connectivity index is 2.15. The molecule has 0 aliphatic carbocycles. The Morgan fingerprint density at radius 1 is 1.26 bits per heavy atom. The summed E-state index contributed by atoms with van der Waals surface area (Å²) >= 11 is 11.9. The van der Waals surface area contributed by atoms with Crippen molar-refractivity contribution in [2.45, 2.75) is 6.92 Å². The molecule has 0 fully saturated rings. The van der Waals surface area contributed by atoms with Crippen LogP contribution in [0.4, 0.5) is 5.69 Å². The standard InChI is InChI=1S/C15H11Cl2N3O3/c1-9-5-6-10(7-14(9)20(22)23)15(21)19-18-8-11-12(16)3-2-4-13(11)17/h2-8H,1H3,(H,19,21)/b18-8-. The molecule has 2 rings (SSSR count). The number of nitro benzene ring substituents is 1. The van der Waals surface area contributed by atoms with E-state index in [1.165, 1.54) is 24.4 Å². The van der Waals surface area contributed by atoms with Gasteiger partial charge in [0.2, 0.25) is 0 Å². The minimum atomic E-state index is -0.576. The molecule has 0 bridgehead atoms. The van der Waals surface area contributed by atoms with Crippen LogP contribution >= 0.6 is 23.2 Å². The van der Waals surface area contributed by atoms with Crippen molar-refractivity contribution in [2.24, 2.45) is 5.10 Å². The number of halogens is 2. The van der Waals surface area contributed by atoms with E-state index in [1.807, 2.05) is 0 Å². The van der Waals surface area contributed by atoms with E-state index in [-0.39, 0.29) is 11.3 Å². The molecule has 0 saturated carbocycles. The van der Waals surface area contributed by atoms with Gasteiger partial charge in [-0.15, -0.1) is 0 Å². The minimum Gasteiger partial charge on any atom is -0.267 e. The second-order valence-electron chi connectivity index (χ2n) is 4.59. The molecule has 6 nitrogen and oxygen atoms in total. The molecule has 23 heavy (non-hydrogen) atoms. The van der Waals surface area contributed by atoms with Gasteiger partial charge in [-0.1, -0.05) is 35.3 Å². The van der Waals surface area contributed by atoms with Crippen LogP contribution in [-0.4, -0.2) is 17.0 Å². The Hall–Kier alpha value is -2.44. The normalized spacial score (nSPS) is 10.7. The Labute approximate surface area is 141 Å². The van der Waals surface area contributed by atoms with Crippen LogP contribution in [0.25, 0.3) is 0 Å². The van der Waals surface area contributed by atoms with Gasteiger partial charge in [-0.3, -0.25) is 14.9 Å². The number of nitrogens with zero attached hydrogens (tertiary/aromatic N) is 2. The van der Waals surface area contributed by atoms with E-state index in [0.29, 0.717) is 21.2 Å². The summed E-state index contributed by atoms with van der Waals surface area (Å²) < 4.78 is 0. The third-order valence-corrected chi connectivity index (χ3v) is 3.69. The summed E-state index contributed by atoms with van der Waals surface area (Å²) in [4.78, 5) is 22.3. The van der Waals surface area contributed by atoms with Crippen molar-refractivity contribution < 1.29 is 9.72 Å². The lowest BCUT2D eigenvalue weighted by Crippen LogP contribution is -2.18. The average Bonchev–Trinajstić information content (AvgIpc) is 2.50. The predicted octanol–water partition coefficient (Wildman–Crippen LogP) is 3.97. The Kier molecular flexibility index (Phi) is 5.31. The molecule has 0 radical (unpaired) electrons. The topological polar surface area (TPSA) is 84.6 Å². The molecule has 0 saturated heterocycles. The first-order valence-corrected chi connectivity index (χ1v) is 7.18. The molecule has 1 N–H and O–H groups in total. The van der Waals surface area contributed by atoms with Crippen molar-refractivity contribution in [1.29, 1.82) is 0 Å². The molecule has 0 spiro atoms. The number of carbonyl (C=O) groups excluding carboxylic acids is 1. The maximum absolute atomic E-state index is 12.0. The zero-order valence-corrected chi connectivity index (χ0v) is 13.4. The molecule has 0 aromatic heterocycles. The fourth-order valence-electron chi connectivity index (χ4n) is 1.80. The van der Waals surface area contributed by atoms with Crippen LogP contribution in [0.15, 0.2) is 41.5 Å². The number of aryl methyl sites for hydroxylation is 1. The molecular weight excluding hydrogens is 341 g/mol. The van der Waals surface area contributed by atoms with Crippen LogP contribution in [-0.2, 0) is 0 Å². The van der Waals surface area contributed by atoms with Gasteiger partial charge in [0.1, 0.15) is 0 Å². The van der Waals surface area contributed by atoms with E-state index in [2.05, 4.69) is 10.5 Å². The zero-order valence-electron chi connectivity index (χ0n) is 11.9. The highest BCUT2D eigenvalue weighted by atomic mass is 35.5. The molecule has 0 heterocycles. The van der Waals surface area contributed by atoms with Crippen molar-refractivity contribution in [3.63, 3.8) is 0 Å². The molecule has 1 amide bonds. The monoisotopic (exact) mass is 351 g/mol. The molecular formula is C15H11Cl2N3O3. The second kappa shape index (κ2) is 7.21. The van der Waals surface area contributed by atoms with E-state index in [9.17, 15) is 14.9 Å². The van der Waals surface area contributed by atoms with E-state index in [4.69, 9.17) is 23.2 Å². The largest absolute Gasteiger partial charge is 0.273 e. The summed E-state index contributed by atoms with van der Waals surface area (Å²) in [5, 5.41) is 15.4. The van der Waals surface area contributed by atoms with Crippen molar-refractivity contribution in [3.8, 4) is 0 Å². The van der Waals surface area contributed by atoms with Crippen molar-refractivity contribution >= 4 is 41.0 Å². The lowest BCUT2D eigenvalue weighted by molar-refractivity contribution is -0.385. The Bertz CT molecular complexity index is 786. The molecule has 2 aromatic rings. The maximum Gasteiger partial charge on any atom is 0.273 e. The highest BCUT2D eigenvalue weighted by Crippen LogP contribution is 2.22. The molecule has 118 valence electrons. The second-order valence-corrected chi connectivity index (χ2v) is 5.41. The van der Waals surface area contributed by atoms with Crippen LogP contribution < -0.4 is 5.43 Å². The summed E-state index contributed by atoms with van der Waals surface area (Å²) in [7, 11) is 0. The van der Waals surface area contributed by atoms with Gasteiger partial charge >= 0.3 is 0 Å². The number of hydrogen-bond donors (Lipinski definition) is 1. The number of rotatable bonds is 4. The van der Waals surface area contributed by atoms with E-state index < -0.39 is 10.8 Å². The Morgan fingerprint density at radius 2 is 1.91 bits per heavy atom. The first-order chi connectivity index (χ1) is 10.9. The van der Waals surface area contributed by atoms with Gasteiger partial charge in [-0.25, -0.2) is 5.43 Å².